The minimum absolute atomic E-state index is 0.0139. The standard InChI is InChI=1S/C24H23FN2O4S2/c25-16-11-9-15(10-12-16)14-27-18-7-4-3-6-17(18)20(22(27)30)21-23(31)26(24(32)33-21)13-5-1-2-8-19(28)29/h3-4,6-7,9-12,20,31H,1-2,5,8,13-14H2,(H,28,29). The lowest BCUT2D eigenvalue weighted by Crippen LogP contribution is -2.28. The quantitative estimate of drug-likeness (QED) is 0.311. The minimum Gasteiger partial charge on any atom is -0.494 e. The SMILES string of the molecule is O=C(O)CCCCCn1c(O)c(C2C(=O)N(Cc3ccc(F)cc3)c3ccccc32)sc1=S. The molecule has 6 nitrogen and oxygen atoms in total. The van der Waals surface area contributed by atoms with Crippen LogP contribution in [0.1, 0.15) is 47.6 Å². The number of unbranched alkanes of at least 4 members (excludes halogenated alkanes) is 2. The number of amides is 1. The summed E-state index contributed by atoms with van der Waals surface area (Å²) in [6.07, 6.45) is 2.06. The molecule has 3 aromatic rings. The van der Waals surface area contributed by atoms with Gasteiger partial charge in [0.1, 0.15) is 11.7 Å². The van der Waals surface area contributed by atoms with Crippen molar-refractivity contribution in [3.05, 3.63) is 74.3 Å². The fourth-order valence-corrected chi connectivity index (χ4v) is 5.57. The molecule has 2 heterocycles. The Morgan fingerprint density at radius 1 is 1.09 bits per heavy atom. The summed E-state index contributed by atoms with van der Waals surface area (Å²) < 4.78 is 15.4. The lowest BCUT2D eigenvalue weighted by atomic mass is 9.99. The highest BCUT2D eigenvalue weighted by Crippen LogP contribution is 2.46. The summed E-state index contributed by atoms with van der Waals surface area (Å²) in [5, 5.41) is 19.7. The van der Waals surface area contributed by atoms with Crippen LogP contribution in [0.15, 0.2) is 48.5 Å². The van der Waals surface area contributed by atoms with E-state index in [0.29, 0.717) is 41.2 Å². The third-order valence-electron chi connectivity index (χ3n) is 5.73. The molecule has 0 bridgehead atoms. The summed E-state index contributed by atoms with van der Waals surface area (Å²) in [4.78, 5) is 26.3. The highest BCUT2D eigenvalue weighted by atomic mass is 32.1. The first-order chi connectivity index (χ1) is 15.9. The van der Waals surface area contributed by atoms with Crippen LogP contribution in [0.3, 0.4) is 0 Å². The van der Waals surface area contributed by atoms with Gasteiger partial charge < -0.3 is 15.1 Å². The first-order valence-electron chi connectivity index (χ1n) is 10.7. The smallest absolute Gasteiger partial charge is 0.303 e. The number of halogens is 1. The third-order valence-corrected chi connectivity index (χ3v) is 7.24. The van der Waals surface area contributed by atoms with Crippen LogP contribution in [-0.4, -0.2) is 26.7 Å². The van der Waals surface area contributed by atoms with Crippen LogP contribution in [0, 0.1) is 9.77 Å². The largest absolute Gasteiger partial charge is 0.494 e. The zero-order valence-electron chi connectivity index (χ0n) is 17.7. The number of carboxylic acid groups (broad SMARTS) is 1. The molecule has 0 saturated carbocycles. The van der Waals surface area contributed by atoms with Crippen LogP contribution in [0.5, 0.6) is 5.88 Å². The average Bonchev–Trinajstić information content (AvgIpc) is 3.22. The van der Waals surface area contributed by atoms with Crippen LogP contribution in [0.25, 0.3) is 0 Å². The summed E-state index contributed by atoms with van der Waals surface area (Å²) in [7, 11) is 0. The monoisotopic (exact) mass is 486 g/mol. The van der Waals surface area contributed by atoms with Gasteiger partial charge in [0, 0.05) is 18.7 Å². The Kier molecular flexibility index (Phi) is 6.90. The van der Waals surface area contributed by atoms with Gasteiger partial charge >= 0.3 is 5.97 Å². The molecule has 0 saturated heterocycles. The topological polar surface area (TPSA) is 82.8 Å². The number of thiazole rings is 1. The predicted octanol–water partition coefficient (Wildman–Crippen LogP) is 5.45. The molecule has 1 atom stereocenters. The molecule has 0 spiro atoms. The highest BCUT2D eigenvalue weighted by Gasteiger charge is 2.41. The molecule has 2 aromatic carbocycles. The zero-order valence-corrected chi connectivity index (χ0v) is 19.4. The van der Waals surface area contributed by atoms with E-state index in [1.807, 2.05) is 24.3 Å². The Morgan fingerprint density at radius 2 is 1.82 bits per heavy atom. The van der Waals surface area contributed by atoms with Gasteiger partial charge in [-0.3, -0.25) is 14.2 Å². The molecule has 1 aliphatic rings. The van der Waals surface area contributed by atoms with E-state index >= 15 is 0 Å². The van der Waals surface area contributed by atoms with Gasteiger partial charge in [-0.2, -0.15) is 0 Å². The Bertz CT molecular complexity index is 1240. The number of para-hydroxylation sites is 1. The second kappa shape index (κ2) is 9.84. The minimum atomic E-state index is -0.823. The van der Waals surface area contributed by atoms with E-state index in [0.717, 1.165) is 16.8 Å². The molecule has 0 aliphatic carbocycles. The lowest BCUT2D eigenvalue weighted by molar-refractivity contribution is -0.137. The van der Waals surface area contributed by atoms with Gasteiger partial charge in [0.25, 0.3) is 0 Å². The third kappa shape index (κ3) is 4.84. The van der Waals surface area contributed by atoms with Crippen molar-refractivity contribution in [1.29, 1.82) is 0 Å². The lowest BCUT2D eigenvalue weighted by Gasteiger charge is -2.18. The molecule has 4 rings (SSSR count). The number of carbonyl (C=O) groups excluding carboxylic acids is 1. The molecule has 1 amide bonds. The zero-order chi connectivity index (χ0) is 23.5. The Hall–Kier alpha value is -3.04. The van der Waals surface area contributed by atoms with Gasteiger partial charge in [0.05, 0.1) is 11.4 Å². The van der Waals surface area contributed by atoms with Crippen molar-refractivity contribution in [3.8, 4) is 5.88 Å². The predicted molar refractivity (Wildman–Crippen MR) is 127 cm³/mol. The number of aromatic nitrogens is 1. The number of hydrogen-bond acceptors (Lipinski definition) is 5. The van der Waals surface area contributed by atoms with E-state index < -0.39 is 11.9 Å². The van der Waals surface area contributed by atoms with Crippen LogP contribution >= 0.6 is 23.6 Å². The number of fused-ring (bicyclic) bond motifs is 1. The van der Waals surface area contributed by atoms with E-state index in [1.165, 1.54) is 23.5 Å². The normalized spacial score (nSPS) is 15.1. The number of aliphatic carboxylic acids is 1. The fraction of sp³-hybridized carbons (Fsp3) is 0.292. The molecular weight excluding hydrogens is 463 g/mol. The summed E-state index contributed by atoms with van der Waals surface area (Å²) in [5.74, 6) is -2.00. The van der Waals surface area contributed by atoms with Gasteiger partial charge in [-0.15, -0.1) is 11.3 Å². The number of carbonyl (C=O) groups is 2. The second-order valence-corrected chi connectivity index (χ2v) is 9.63. The van der Waals surface area contributed by atoms with Crippen molar-refractivity contribution in [2.45, 2.75) is 44.7 Å². The Balaban J connectivity index is 1.59. The Labute approximate surface area is 199 Å². The van der Waals surface area contributed by atoms with E-state index in [4.69, 9.17) is 17.3 Å². The maximum atomic E-state index is 13.5. The van der Waals surface area contributed by atoms with E-state index in [2.05, 4.69) is 0 Å². The number of carboxylic acids is 1. The molecule has 172 valence electrons. The highest BCUT2D eigenvalue weighted by molar-refractivity contribution is 7.73. The molecule has 1 unspecified atom stereocenters. The number of aromatic hydroxyl groups is 1. The van der Waals surface area contributed by atoms with Crippen molar-refractivity contribution in [1.82, 2.24) is 4.57 Å². The summed E-state index contributed by atoms with van der Waals surface area (Å²) in [5.41, 5.74) is 2.36. The molecule has 1 aromatic heterocycles. The molecule has 33 heavy (non-hydrogen) atoms. The van der Waals surface area contributed by atoms with Crippen LogP contribution in [0.2, 0.25) is 0 Å². The van der Waals surface area contributed by atoms with Crippen molar-refractivity contribution < 1.29 is 24.2 Å². The van der Waals surface area contributed by atoms with Gasteiger partial charge in [0.15, 0.2) is 3.95 Å². The van der Waals surface area contributed by atoms with Crippen molar-refractivity contribution >= 4 is 41.1 Å². The second-order valence-electron chi connectivity index (χ2n) is 7.95. The number of benzene rings is 2. The van der Waals surface area contributed by atoms with Crippen molar-refractivity contribution in [3.63, 3.8) is 0 Å². The maximum Gasteiger partial charge on any atom is 0.303 e. The molecule has 2 N–H and O–H groups in total. The van der Waals surface area contributed by atoms with Crippen LogP contribution in [0.4, 0.5) is 10.1 Å². The summed E-state index contributed by atoms with van der Waals surface area (Å²) in [6, 6.07) is 13.5. The fourth-order valence-electron chi connectivity index (χ4n) is 4.10. The Morgan fingerprint density at radius 3 is 2.55 bits per heavy atom. The molecule has 0 fully saturated rings. The molecular formula is C24H23FN2O4S2. The van der Waals surface area contributed by atoms with Crippen LogP contribution in [-0.2, 0) is 22.7 Å². The summed E-state index contributed by atoms with van der Waals surface area (Å²) in [6.45, 7) is 0.756. The number of rotatable bonds is 9. The molecule has 1 aliphatic heterocycles. The number of anilines is 1. The van der Waals surface area contributed by atoms with Gasteiger partial charge in [0.2, 0.25) is 11.8 Å². The summed E-state index contributed by atoms with van der Waals surface area (Å²) >= 11 is 6.69. The number of hydrogen-bond donors (Lipinski definition) is 2. The number of nitrogens with zero attached hydrogens (tertiary/aromatic N) is 2. The van der Waals surface area contributed by atoms with Gasteiger partial charge in [-0.05, 0) is 54.4 Å². The van der Waals surface area contributed by atoms with Gasteiger partial charge in [-0.25, -0.2) is 4.39 Å². The first-order valence-corrected chi connectivity index (χ1v) is 11.9. The van der Waals surface area contributed by atoms with Crippen molar-refractivity contribution in [2.75, 3.05) is 4.90 Å². The van der Waals surface area contributed by atoms with Crippen LogP contribution < -0.4 is 4.90 Å². The average molecular weight is 487 g/mol. The van der Waals surface area contributed by atoms with E-state index in [9.17, 15) is 19.1 Å². The first kappa shape index (κ1) is 23.1. The van der Waals surface area contributed by atoms with E-state index in [-0.39, 0.29) is 24.0 Å². The maximum absolute atomic E-state index is 13.5. The van der Waals surface area contributed by atoms with E-state index in [1.54, 1.807) is 21.6 Å². The molecule has 9 heteroatoms. The van der Waals surface area contributed by atoms with Gasteiger partial charge in [-0.1, -0.05) is 36.8 Å². The van der Waals surface area contributed by atoms with Crippen molar-refractivity contribution in [2.24, 2.45) is 0 Å². The molecule has 0 radical (unpaired) electrons.